The van der Waals surface area contributed by atoms with Crippen molar-refractivity contribution in [3.63, 3.8) is 0 Å². The van der Waals surface area contributed by atoms with E-state index in [1.54, 1.807) is 24.3 Å². The van der Waals surface area contributed by atoms with Crippen molar-refractivity contribution in [3.05, 3.63) is 77.5 Å². The second-order valence-electron chi connectivity index (χ2n) is 5.32. The Morgan fingerprint density at radius 3 is 2.35 bits per heavy atom. The van der Waals surface area contributed by atoms with Crippen LogP contribution in [-0.4, -0.2) is 16.1 Å². The number of carbonyl (C=O) groups excluding carboxylic acids is 1. The molecule has 0 aliphatic carbocycles. The van der Waals surface area contributed by atoms with Gasteiger partial charge in [-0.3, -0.25) is 15.6 Å². The molecule has 1 heterocycles. The van der Waals surface area contributed by atoms with Crippen molar-refractivity contribution < 1.29 is 22.4 Å². The quantitative estimate of drug-likeness (QED) is 0.680. The summed E-state index contributed by atoms with van der Waals surface area (Å²) in [5.74, 6) is -0.759. The largest absolute Gasteiger partial charge is 0.417 e. The number of hydrogen-bond donors (Lipinski definition) is 2. The van der Waals surface area contributed by atoms with Crippen molar-refractivity contribution in [2.45, 2.75) is 12.6 Å². The zero-order valence-corrected chi connectivity index (χ0v) is 13.2. The van der Waals surface area contributed by atoms with Gasteiger partial charge in [0.05, 0.1) is 17.7 Å². The number of nitrogens with one attached hydrogen (secondary N) is 2. The number of aromatic nitrogens is 2. The first-order chi connectivity index (χ1) is 12.4. The number of hydrazine groups is 1. The fourth-order valence-corrected chi connectivity index (χ4v) is 2.11. The van der Waals surface area contributed by atoms with E-state index in [0.29, 0.717) is 11.3 Å². The lowest BCUT2D eigenvalue weighted by Gasteiger charge is -2.06. The number of alkyl halides is 3. The molecule has 0 aliphatic rings. The molecule has 6 nitrogen and oxygen atoms in total. The van der Waals surface area contributed by atoms with Crippen LogP contribution in [0, 0.1) is 0 Å². The standard InChI is InChI=1S/C17H13F3N4O2/c18-17(19,20)12-8-6-11(7-9-12)10-14-22-24-16(26-14)15(25)23-21-13-4-2-1-3-5-13/h1-9,21H,10H2,(H,23,25). The molecule has 0 radical (unpaired) electrons. The topological polar surface area (TPSA) is 80.0 Å². The van der Waals surface area contributed by atoms with Gasteiger partial charge in [0, 0.05) is 0 Å². The summed E-state index contributed by atoms with van der Waals surface area (Å²) in [6.45, 7) is 0. The molecule has 0 spiro atoms. The first kappa shape index (κ1) is 17.5. The number of benzene rings is 2. The number of nitrogens with zero attached hydrogens (tertiary/aromatic N) is 2. The van der Waals surface area contributed by atoms with Gasteiger partial charge in [-0.15, -0.1) is 10.2 Å². The minimum Gasteiger partial charge on any atom is -0.417 e. The van der Waals surface area contributed by atoms with Crippen molar-refractivity contribution in [3.8, 4) is 0 Å². The molecule has 134 valence electrons. The van der Waals surface area contributed by atoms with Crippen molar-refractivity contribution in [2.24, 2.45) is 0 Å². The van der Waals surface area contributed by atoms with Crippen LogP contribution in [0.2, 0.25) is 0 Å². The Morgan fingerprint density at radius 2 is 1.69 bits per heavy atom. The fraction of sp³-hybridized carbons (Fsp3) is 0.118. The third kappa shape index (κ3) is 4.38. The number of rotatable bonds is 5. The van der Waals surface area contributed by atoms with Gasteiger partial charge in [-0.2, -0.15) is 13.2 Å². The summed E-state index contributed by atoms with van der Waals surface area (Å²) in [5.41, 5.74) is 5.58. The molecular formula is C17H13F3N4O2. The second-order valence-corrected chi connectivity index (χ2v) is 5.32. The van der Waals surface area contributed by atoms with Crippen LogP contribution in [0.25, 0.3) is 0 Å². The fourth-order valence-electron chi connectivity index (χ4n) is 2.11. The molecule has 1 aromatic heterocycles. The first-order valence-corrected chi connectivity index (χ1v) is 7.52. The molecule has 3 aromatic rings. The zero-order chi connectivity index (χ0) is 18.6. The Morgan fingerprint density at radius 1 is 1.00 bits per heavy atom. The molecule has 0 bridgehead atoms. The minimum absolute atomic E-state index is 0.116. The Hall–Kier alpha value is -3.36. The maximum atomic E-state index is 12.5. The summed E-state index contributed by atoms with van der Waals surface area (Å²) in [6, 6.07) is 13.5. The van der Waals surface area contributed by atoms with Crippen molar-refractivity contribution in [1.82, 2.24) is 15.6 Å². The second kappa shape index (κ2) is 7.26. The van der Waals surface area contributed by atoms with Gasteiger partial charge in [-0.05, 0) is 29.8 Å². The molecule has 9 heteroatoms. The maximum Gasteiger partial charge on any atom is 0.416 e. The summed E-state index contributed by atoms with van der Waals surface area (Å²) < 4.78 is 42.9. The molecule has 0 atom stereocenters. The number of carbonyl (C=O) groups is 1. The van der Waals surface area contributed by atoms with E-state index in [-0.39, 0.29) is 18.2 Å². The Kier molecular flexibility index (Phi) is 4.87. The predicted octanol–water partition coefficient (Wildman–Crippen LogP) is 3.44. The molecule has 0 fully saturated rings. The van der Waals surface area contributed by atoms with E-state index in [0.717, 1.165) is 12.1 Å². The lowest BCUT2D eigenvalue weighted by atomic mass is 10.1. The summed E-state index contributed by atoms with van der Waals surface area (Å²) in [5, 5.41) is 7.36. The Bertz CT molecular complexity index is 877. The predicted molar refractivity (Wildman–Crippen MR) is 86.1 cm³/mol. The number of amides is 1. The van der Waals surface area contributed by atoms with E-state index in [9.17, 15) is 18.0 Å². The third-order valence-electron chi connectivity index (χ3n) is 3.39. The lowest BCUT2D eigenvalue weighted by molar-refractivity contribution is -0.137. The monoisotopic (exact) mass is 362 g/mol. The summed E-state index contributed by atoms with van der Waals surface area (Å²) in [4.78, 5) is 11.9. The molecule has 0 unspecified atom stereocenters. The van der Waals surface area contributed by atoms with Gasteiger partial charge in [-0.25, -0.2) is 0 Å². The molecule has 0 aliphatic heterocycles. The molecule has 2 N–H and O–H groups in total. The minimum atomic E-state index is -4.39. The highest BCUT2D eigenvalue weighted by Crippen LogP contribution is 2.29. The van der Waals surface area contributed by atoms with Crippen molar-refractivity contribution in [2.75, 3.05) is 5.43 Å². The highest BCUT2D eigenvalue weighted by molar-refractivity contribution is 5.90. The van der Waals surface area contributed by atoms with Gasteiger partial charge in [0.25, 0.3) is 0 Å². The van der Waals surface area contributed by atoms with Crippen LogP contribution < -0.4 is 10.9 Å². The molecule has 0 saturated carbocycles. The van der Waals surface area contributed by atoms with Crippen LogP contribution >= 0.6 is 0 Å². The third-order valence-corrected chi connectivity index (χ3v) is 3.39. The van der Waals surface area contributed by atoms with Crippen LogP contribution in [0.15, 0.2) is 59.0 Å². The summed E-state index contributed by atoms with van der Waals surface area (Å²) in [6.07, 6.45) is -4.27. The van der Waals surface area contributed by atoms with E-state index < -0.39 is 17.6 Å². The van der Waals surface area contributed by atoms with Crippen LogP contribution in [-0.2, 0) is 12.6 Å². The average molecular weight is 362 g/mol. The number of anilines is 1. The van der Waals surface area contributed by atoms with Crippen LogP contribution in [0.4, 0.5) is 18.9 Å². The highest BCUT2D eigenvalue weighted by atomic mass is 19.4. The lowest BCUT2D eigenvalue weighted by Crippen LogP contribution is -2.29. The average Bonchev–Trinajstić information content (AvgIpc) is 3.09. The molecule has 26 heavy (non-hydrogen) atoms. The molecule has 2 aromatic carbocycles. The van der Waals surface area contributed by atoms with E-state index in [4.69, 9.17) is 4.42 Å². The SMILES string of the molecule is O=C(NNc1ccccc1)c1nnc(Cc2ccc(C(F)(F)F)cc2)o1. The van der Waals surface area contributed by atoms with E-state index >= 15 is 0 Å². The van der Waals surface area contributed by atoms with E-state index in [2.05, 4.69) is 21.0 Å². The first-order valence-electron chi connectivity index (χ1n) is 7.52. The molecule has 0 saturated heterocycles. The van der Waals surface area contributed by atoms with Crippen LogP contribution in [0.3, 0.4) is 0 Å². The summed E-state index contributed by atoms with van der Waals surface area (Å²) in [7, 11) is 0. The Balaban J connectivity index is 1.60. The Labute approximate surface area is 146 Å². The smallest absolute Gasteiger partial charge is 0.416 e. The van der Waals surface area contributed by atoms with Gasteiger partial charge in [0.2, 0.25) is 5.89 Å². The highest BCUT2D eigenvalue weighted by Gasteiger charge is 2.30. The van der Waals surface area contributed by atoms with Crippen molar-refractivity contribution in [1.29, 1.82) is 0 Å². The molecule has 3 rings (SSSR count). The van der Waals surface area contributed by atoms with E-state index in [1.165, 1.54) is 12.1 Å². The van der Waals surface area contributed by atoms with Crippen molar-refractivity contribution >= 4 is 11.6 Å². The molecule has 1 amide bonds. The number of para-hydroxylation sites is 1. The maximum absolute atomic E-state index is 12.5. The van der Waals surface area contributed by atoms with Crippen LogP contribution in [0.5, 0.6) is 0 Å². The normalized spacial score (nSPS) is 11.2. The van der Waals surface area contributed by atoms with Gasteiger partial charge >= 0.3 is 18.0 Å². The van der Waals surface area contributed by atoms with Gasteiger partial charge < -0.3 is 4.42 Å². The van der Waals surface area contributed by atoms with Gasteiger partial charge in [0.1, 0.15) is 0 Å². The zero-order valence-electron chi connectivity index (χ0n) is 13.2. The molecular weight excluding hydrogens is 349 g/mol. The summed E-state index contributed by atoms with van der Waals surface area (Å²) >= 11 is 0. The number of halogens is 3. The van der Waals surface area contributed by atoms with Gasteiger partial charge in [-0.1, -0.05) is 30.3 Å². The number of hydrogen-bond acceptors (Lipinski definition) is 5. The van der Waals surface area contributed by atoms with Gasteiger partial charge in [0.15, 0.2) is 0 Å². The van der Waals surface area contributed by atoms with E-state index in [1.807, 2.05) is 6.07 Å². The van der Waals surface area contributed by atoms with Crippen LogP contribution in [0.1, 0.15) is 27.7 Å².